The van der Waals surface area contributed by atoms with Crippen molar-refractivity contribution in [3.05, 3.63) is 52.7 Å². The fourth-order valence-electron chi connectivity index (χ4n) is 1.99. The molecule has 2 heterocycles. The minimum Gasteiger partial charge on any atom is -0.339 e. The van der Waals surface area contributed by atoms with Crippen molar-refractivity contribution in [2.45, 2.75) is 32.7 Å². The average molecular weight is 361 g/mol. The van der Waals surface area contributed by atoms with Crippen LogP contribution < -0.4 is 0 Å². The van der Waals surface area contributed by atoms with Crippen LogP contribution in [0.15, 0.2) is 45.5 Å². The average Bonchev–Trinajstić information content (AvgIpc) is 3.09. The molecule has 0 radical (unpaired) electrons. The summed E-state index contributed by atoms with van der Waals surface area (Å²) in [7, 11) is 0. The van der Waals surface area contributed by atoms with Crippen LogP contribution in [0, 0.1) is 0 Å². The monoisotopic (exact) mass is 360 g/mol. The van der Waals surface area contributed by atoms with Crippen molar-refractivity contribution in [1.29, 1.82) is 0 Å². The molecule has 0 saturated heterocycles. The maximum absolute atomic E-state index is 5.30. The van der Waals surface area contributed by atoms with Gasteiger partial charge in [0, 0.05) is 21.6 Å². The first kappa shape index (κ1) is 15.0. The molecule has 0 spiro atoms. The van der Waals surface area contributed by atoms with Gasteiger partial charge in [-0.1, -0.05) is 54.0 Å². The lowest BCUT2D eigenvalue weighted by Crippen LogP contribution is -2.12. The van der Waals surface area contributed by atoms with Crippen LogP contribution in [-0.4, -0.2) is 19.9 Å². The zero-order chi connectivity index (χ0) is 15.7. The molecule has 0 amide bonds. The highest BCUT2D eigenvalue weighted by molar-refractivity contribution is 9.10. The summed E-state index contributed by atoms with van der Waals surface area (Å²) in [4.78, 5) is 4.43. The minimum atomic E-state index is -0.141. The van der Waals surface area contributed by atoms with E-state index in [1.165, 1.54) is 0 Å². The molecule has 0 N–H and O–H groups in total. The lowest BCUT2D eigenvalue weighted by atomic mass is 9.97. The third-order valence-electron chi connectivity index (χ3n) is 3.19. The van der Waals surface area contributed by atoms with Gasteiger partial charge in [0.2, 0.25) is 5.89 Å². The lowest BCUT2D eigenvalue weighted by molar-refractivity contribution is 0.317. The Morgan fingerprint density at radius 3 is 2.50 bits per heavy atom. The van der Waals surface area contributed by atoms with Gasteiger partial charge in [-0.15, -0.1) is 0 Å². The van der Waals surface area contributed by atoms with E-state index in [1.807, 2.05) is 62.0 Å². The summed E-state index contributed by atoms with van der Waals surface area (Å²) in [5.41, 5.74) is 1.86. The maximum Gasteiger partial charge on any atom is 0.232 e. The van der Waals surface area contributed by atoms with Gasteiger partial charge in [-0.3, -0.25) is 4.68 Å². The normalized spacial score (nSPS) is 11.8. The number of aromatic nitrogens is 4. The predicted molar refractivity (Wildman–Crippen MR) is 87.5 cm³/mol. The van der Waals surface area contributed by atoms with E-state index in [-0.39, 0.29) is 5.41 Å². The molecule has 0 unspecified atom stereocenters. The second kappa shape index (κ2) is 5.68. The highest BCUT2D eigenvalue weighted by Gasteiger charge is 2.21. The number of hydrogen-bond donors (Lipinski definition) is 0. The molecule has 0 fully saturated rings. The molecule has 2 aromatic heterocycles. The molecule has 0 aliphatic rings. The van der Waals surface area contributed by atoms with Gasteiger partial charge in [-0.05, 0) is 18.2 Å². The van der Waals surface area contributed by atoms with Crippen LogP contribution in [0.3, 0.4) is 0 Å². The third kappa shape index (κ3) is 3.27. The molecule has 3 rings (SSSR count). The van der Waals surface area contributed by atoms with E-state index in [4.69, 9.17) is 4.52 Å². The molecular formula is C16H17BrN4O. The zero-order valence-corrected chi connectivity index (χ0v) is 14.3. The molecule has 6 heteroatoms. The summed E-state index contributed by atoms with van der Waals surface area (Å²) in [6, 6.07) is 10.0. The minimum absolute atomic E-state index is 0.141. The molecule has 0 aliphatic carbocycles. The number of rotatable bonds is 3. The smallest absolute Gasteiger partial charge is 0.232 e. The molecule has 0 aliphatic heterocycles. The van der Waals surface area contributed by atoms with Crippen LogP contribution in [0.1, 0.15) is 32.5 Å². The quantitative estimate of drug-likeness (QED) is 0.707. The largest absolute Gasteiger partial charge is 0.339 e. The van der Waals surface area contributed by atoms with Crippen molar-refractivity contribution in [1.82, 2.24) is 19.9 Å². The number of benzene rings is 1. The summed E-state index contributed by atoms with van der Waals surface area (Å²) in [6.45, 7) is 6.63. The Balaban J connectivity index is 1.77. The number of hydrogen-bond acceptors (Lipinski definition) is 4. The van der Waals surface area contributed by atoms with E-state index < -0.39 is 0 Å². The summed E-state index contributed by atoms with van der Waals surface area (Å²) in [5, 5.41) is 8.57. The molecule has 1 aromatic carbocycles. The van der Waals surface area contributed by atoms with Gasteiger partial charge >= 0.3 is 0 Å². The molecule has 5 nitrogen and oxygen atoms in total. The Bertz CT molecular complexity index is 768. The van der Waals surface area contributed by atoms with E-state index in [2.05, 4.69) is 31.2 Å². The van der Waals surface area contributed by atoms with Crippen molar-refractivity contribution in [3.63, 3.8) is 0 Å². The summed E-state index contributed by atoms with van der Waals surface area (Å²) in [6.07, 6.45) is 1.92. The lowest BCUT2D eigenvalue weighted by Gasteiger charge is -2.10. The summed E-state index contributed by atoms with van der Waals surface area (Å²) in [5.74, 6) is 1.28. The van der Waals surface area contributed by atoms with Crippen LogP contribution in [0.5, 0.6) is 0 Å². The van der Waals surface area contributed by atoms with Crippen LogP contribution >= 0.6 is 15.9 Å². The number of halogens is 1. The van der Waals surface area contributed by atoms with Crippen molar-refractivity contribution < 1.29 is 4.52 Å². The van der Waals surface area contributed by atoms with Crippen LogP contribution in [0.25, 0.3) is 11.3 Å². The third-order valence-corrected chi connectivity index (χ3v) is 3.72. The van der Waals surface area contributed by atoms with Gasteiger partial charge < -0.3 is 4.52 Å². The SMILES string of the molecule is CC(C)(C)c1nc(Cn2ccc(-c3ccc(Br)cc3)n2)no1. The van der Waals surface area contributed by atoms with E-state index in [1.54, 1.807) is 0 Å². The van der Waals surface area contributed by atoms with Crippen molar-refractivity contribution in [3.8, 4) is 11.3 Å². The molecule has 3 aromatic rings. The molecule has 0 saturated carbocycles. The fourth-order valence-corrected chi connectivity index (χ4v) is 2.26. The number of nitrogens with zero attached hydrogens (tertiary/aromatic N) is 4. The Labute approximate surface area is 137 Å². The maximum atomic E-state index is 5.30. The topological polar surface area (TPSA) is 56.7 Å². The Hall–Kier alpha value is -1.95. The predicted octanol–water partition coefficient (Wildman–Crippen LogP) is 4.04. The van der Waals surface area contributed by atoms with E-state index >= 15 is 0 Å². The highest BCUT2D eigenvalue weighted by Crippen LogP contribution is 2.21. The fraction of sp³-hybridized carbons (Fsp3) is 0.312. The molecule has 0 bridgehead atoms. The van der Waals surface area contributed by atoms with Crippen LogP contribution in [0.2, 0.25) is 0 Å². The summed E-state index contributed by atoms with van der Waals surface area (Å²) < 4.78 is 8.17. The van der Waals surface area contributed by atoms with Crippen molar-refractivity contribution in [2.24, 2.45) is 0 Å². The second-order valence-corrected chi connectivity index (χ2v) is 7.09. The van der Waals surface area contributed by atoms with Gasteiger partial charge in [-0.2, -0.15) is 10.1 Å². The van der Waals surface area contributed by atoms with Crippen LogP contribution in [0.4, 0.5) is 0 Å². The van der Waals surface area contributed by atoms with Gasteiger partial charge in [0.1, 0.15) is 6.54 Å². The molecule has 22 heavy (non-hydrogen) atoms. The van der Waals surface area contributed by atoms with Gasteiger partial charge in [0.05, 0.1) is 5.69 Å². The van der Waals surface area contributed by atoms with Gasteiger partial charge in [0.15, 0.2) is 5.82 Å². The van der Waals surface area contributed by atoms with Crippen LogP contribution in [-0.2, 0) is 12.0 Å². The van der Waals surface area contributed by atoms with Gasteiger partial charge in [0.25, 0.3) is 0 Å². The van der Waals surface area contributed by atoms with Crippen molar-refractivity contribution >= 4 is 15.9 Å². The van der Waals surface area contributed by atoms with Gasteiger partial charge in [-0.25, -0.2) is 0 Å². The Morgan fingerprint density at radius 1 is 1.14 bits per heavy atom. The molecular weight excluding hydrogens is 344 g/mol. The zero-order valence-electron chi connectivity index (χ0n) is 12.7. The first-order chi connectivity index (χ1) is 10.4. The Kier molecular flexibility index (Phi) is 3.87. The summed E-state index contributed by atoms with van der Waals surface area (Å²) >= 11 is 3.43. The first-order valence-corrected chi connectivity index (χ1v) is 7.83. The highest BCUT2D eigenvalue weighted by atomic mass is 79.9. The standard InChI is InChI=1S/C16H17BrN4O/c1-16(2,3)15-18-14(20-22-15)10-21-9-8-13(19-21)11-4-6-12(17)7-5-11/h4-9H,10H2,1-3H3. The molecule has 0 atom stereocenters. The Morgan fingerprint density at radius 2 is 1.86 bits per heavy atom. The van der Waals surface area contributed by atoms with E-state index in [0.29, 0.717) is 18.3 Å². The van der Waals surface area contributed by atoms with E-state index in [9.17, 15) is 0 Å². The van der Waals surface area contributed by atoms with Crippen molar-refractivity contribution in [2.75, 3.05) is 0 Å². The first-order valence-electron chi connectivity index (χ1n) is 7.04. The molecule has 114 valence electrons. The van der Waals surface area contributed by atoms with E-state index in [0.717, 1.165) is 15.7 Å². The second-order valence-electron chi connectivity index (χ2n) is 6.17.